The van der Waals surface area contributed by atoms with Crippen LogP contribution in [0.2, 0.25) is 0 Å². The molecule has 0 aromatic heterocycles. The van der Waals surface area contributed by atoms with Crippen molar-refractivity contribution in [2.75, 3.05) is 6.54 Å². The summed E-state index contributed by atoms with van der Waals surface area (Å²) in [6.07, 6.45) is 0. The topological polar surface area (TPSA) is 69.4 Å². The van der Waals surface area contributed by atoms with E-state index in [9.17, 15) is 9.59 Å². The zero-order valence-electron chi connectivity index (χ0n) is 8.90. The maximum Gasteiger partial charge on any atom is 1.00 e. The van der Waals surface area contributed by atoms with Gasteiger partial charge in [0.15, 0.2) is 0 Å². The van der Waals surface area contributed by atoms with Gasteiger partial charge in [0, 0.05) is 0 Å². The van der Waals surface area contributed by atoms with Gasteiger partial charge in [-0.1, -0.05) is 18.2 Å². The van der Waals surface area contributed by atoms with E-state index >= 15 is 0 Å². The molecule has 0 aliphatic heterocycles. The quantitative estimate of drug-likeness (QED) is 0.326. The molecule has 0 bridgehead atoms. The Bertz CT molecular complexity index is 318. The Morgan fingerprint density at radius 3 is 2.36 bits per heavy atom. The summed E-state index contributed by atoms with van der Waals surface area (Å²) >= 11 is 0. The predicted octanol–water partition coefficient (Wildman–Crippen LogP) is -2.55. The predicted molar refractivity (Wildman–Crippen MR) is 47.0 cm³/mol. The van der Waals surface area contributed by atoms with E-state index in [2.05, 4.69) is 4.74 Å². The molecule has 0 radical (unpaired) electrons. The summed E-state index contributed by atoms with van der Waals surface area (Å²) in [7, 11) is 0. The number of rotatable bonds is 2. The first-order valence-corrected chi connectivity index (χ1v) is 3.74. The Morgan fingerprint density at radius 2 is 1.86 bits per heavy atom. The van der Waals surface area contributed by atoms with E-state index in [-0.39, 0.29) is 37.5 Å². The third kappa shape index (κ3) is 4.02. The van der Waals surface area contributed by atoms with Crippen LogP contribution in [0.5, 0.6) is 0 Å². The molecule has 14 heavy (non-hydrogen) atoms. The average molecular weight is 203 g/mol. The van der Waals surface area contributed by atoms with Crippen molar-refractivity contribution in [3.8, 4) is 0 Å². The van der Waals surface area contributed by atoms with Crippen LogP contribution in [-0.4, -0.2) is 18.5 Å². The summed E-state index contributed by atoms with van der Waals surface area (Å²) in [4.78, 5) is 21.7. The molecule has 1 rings (SSSR count). The molecular weight excluding hydrogens is 193 g/mol. The van der Waals surface area contributed by atoms with Gasteiger partial charge in [-0.15, -0.1) is 0 Å². The van der Waals surface area contributed by atoms with Gasteiger partial charge in [-0.3, -0.25) is 4.79 Å². The minimum Gasteiger partial charge on any atom is -1.00 e. The zero-order chi connectivity index (χ0) is 9.68. The Hall–Kier alpha value is -0.680. The van der Waals surface area contributed by atoms with Crippen LogP contribution in [0.3, 0.4) is 0 Å². The average Bonchev–Trinajstić information content (AvgIpc) is 2.19. The molecule has 5 heteroatoms. The van der Waals surface area contributed by atoms with Gasteiger partial charge in [0.2, 0.25) is 0 Å². The number of carbonyl (C=O) groups is 2. The number of esters is 2. The van der Waals surface area contributed by atoms with Crippen LogP contribution in [-0.2, 0) is 9.53 Å². The van der Waals surface area contributed by atoms with Crippen LogP contribution in [0.1, 0.15) is 11.8 Å². The fourth-order valence-electron chi connectivity index (χ4n) is 0.778. The summed E-state index contributed by atoms with van der Waals surface area (Å²) < 4.78 is 4.38. The molecular formula is C9H10NNaO3. The van der Waals surface area contributed by atoms with Crippen LogP contribution in [0, 0.1) is 0 Å². The molecule has 70 valence electrons. The van der Waals surface area contributed by atoms with Gasteiger partial charge in [0.05, 0.1) is 12.1 Å². The van der Waals surface area contributed by atoms with Crippen molar-refractivity contribution < 1.29 is 45.3 Å². The van der Waals surface area contributed by atoms with E-state index in [0.29, 0.717) is 5.56 Å². The molecule has 4 nitrogen and oxygen atoms in total. The Labute approximate surface area is 105 Å². The molecule has 0 saturated heterocycles. The van der Waals surface area contributed by atoms with E-state index in [1.807, 2.05) is 0 Å². The Balaban J connectivity index is 0. The molecule has 0 saturated carbocycles. The summed E-state index contributed by atoms with van der Waals surface area (Å²) in [5.41, 5.74) is 5.31. The van der Waals surface area contributed by atoms with Crippen molar-refractivity contribution >= 4 is 11.9 Å². The van der Waals surface area contributed by atoms with Crippen molar-refractivity contribution in [3.05, 3.63) is 35.9 Å². The molecule has 0 amide bonds. The molecule has 2 N–H and O–H groups in total. The van der Waals surface area contributed by atoms with Gasteiger partial charge < -0.3 is 11.9 Å². The first kappa shape index (κ1) is 13.3. The zero-order valence-corrected chi connectivity index (χ0v) is 9.90. The molecule has 1 aromatic carbocycles. The number of nitrogens with two attached hydrogens (primary N) is 1. The molecule has 0 aliphatic carbocycles. The molecule has 0 spiro atoms. The normalized spacial score (nSPS) is 8.64. The minimum atomic E-state index is -0.728. The van der Waals surface area contributed by atoms with Crippen molar-refractivity contribution in [2.45, 2.75) is 0 Å². The van der Waals surface area contributed by atoms with Gasteiger partial charge in [0.1, 0.15) is 0 Å². The van der Waals surface area contributed by atoms with Crippen molar-refractivity contribution in [1.29, 1.82) is 0 Å². The molecule has 0 fully saturated rings. The van der Waals surface area contributed by atoms with Gasteiger partial charge in [-0.25, -0.2) is 4.79 Å². The van der Waals surface area contributed by atoms with Gasteiger partial charge >= 0.3 is 41.5 Å². The fraction of sp³-hybridized carbons (Fsp3) is 0.111. The number of hydrogen-bond donors (Lipinski definition) is 1. The second kappa shape index (κ2) is 6.73. The minimum absolute atomic E-state index is 0. The Kier molecular flexibility index (Phi) is 6.40. The SMILES string of the molecule is NCC(=O)OC(=O)c1ccccc1.[H-].[Na+]. The largest absolute Gasteiger partial charge is 1.00 e. The first-order chi connectivity index (χ1) is 6.24. The van der Waals surface area contributed by atoms with Crippen LogP contribution in [0.25, 0.3) is 0 Å². The van der Waals surface area contributed by atoms with E-state index in [1.165, 1.54) is 0 Å². The van der Waals surface area contributed by atoms with Crippen molar-refractivity contribution in [1.82, 2.24) is 0 Å². The third-order valence-electron chi connectivity index (χ3n) is 1.38. The Morgan fingerprint density at radius 1 is 1.29 bits per heavy atom. The van der Waals surface area contributed by atoms with Crippen LogP contribution < -0.4 is 35.3 Å². The number of carbonyl (C=O) groups excluding carboxylic acids is 2. The maximum absolute atomic E-state index is 11.1. The number of benzene rings is 1. The summed E-state index contributed by atoms with van der Waals surface area (Å²) in [5, 5.41) is 0. The van der Waals surface area contributed by atoms with Crippen molar-refractivity contribution in [3.63, 3.8) is 0 Å². The monoisotopic (exact) mass is 203 g/mol. The molecule has 0 atom stereocenters. The third-order valence-corrected chi connectivity index (χ3v) is 1.38. The molecule has 0 aliphatic rings. The molecule has 0 heterocycles. The van der Waals surface area contributed by atoms with E-state index < -0.39 is 11.9 Å². The standard InChI is InChI=1S/C9H9NO3.Na.H/c10-6-8(11)13-9(12)7-4-2-1-3-5-7;;/h1-5H,6,10H2;;/q;+1;-1. The van der Waals surface area contributed by atoms with Gasteiger partial charge in [-0.2, -0.15) is 0 Å². The van der Waals surface area contributed by atoms with E-state index in [0.717, 1.165) is 0 Å². The van der Waals surface area contributed by atoms with Crippen LogP contribution in [0.4, 0.5) is 0 Å². The molecule has 0 unspecified atom stereocenters. The number of ether oxygens (including phenoxy) is 1. The summed E-state index contributed by atoms with van der Waals surface area (Å²) in [6.45, 7) is -0.293. The van der Waals surface area contributed by atoms with Gasteiger partial charge in [0.25, 0.3) is 0 Å². The maximum atomic E-state index is 11.1. The summed E-state index contributed by atoms with van der Waals surface area (Å²) in [5.74, 6) is -1.40. The van der Waals surface area contributed by atoms with Crippen LogP contribution in [0.15, 0.2) is 30.3 Å². The van der Waals surface area contributed by atoms with Gasteiger partial charge in [-0.05, 0) is 12.1 Å². The smallest absolute Gasteiger partial charge is 1.00 e. The fourth-order valence-corrected chi connectivity index (χ4v) is 0.778. The number of hydrogen-bond acceptors (Lipinski definition) is 4. The second-order valence-corrected chi connectivity index (χ2v) is 2.33. The van der Waals surface area contributed by atoms with Crippen molar-refractivity contribution in [2.24, 2.45) is 5.73 Å². The van der Waals surface area contributed by atoms with Crippen LogP contribution >= 0.6 is 0 Å². The first-order valence-electron chi connectivity index (χ1n) is 3.74. The van der Waals surface area contributed by atoms with E-state index in [1.54, 1.807) is 30.3 Å². The second-order valence-electron chi connectivity index (χ2n) is 2.33. The summed E-state index contributed by atoms with van der Waals surface area (Å²) in [6, 6.07) is 8.26. The molecule has 1 aromatic rings. The van der Waals surface area contributed by atoms with E-state index in [4.69, 9.17) is 5.73 Å².